The van der Waals surface area contributed by atoms with Crippen LogP contribution in [0.5, 0.6) is 0 Å². The minimum Gasteiger partial charge on any atom is -0.232 e. The van der Waals surface area contributed by atoms with Gasteiger partial charge in [0.15, 0.2) is 0 Å². The second kappa shape index (κ2) is 4.69. The topological polar surface area (TPSA) is 25.8 Å². The van der Waals surface area contributed by atoms with Crippen molar-refractivity contribution in [1.29, 1.82) is 0 Å². The van der Waals surface area contributed by atoms with Gasteiger partial charge in [-0.15, -0.1) is 0 Å². The van der Waals surface area contributed by atoms with Crippen molar-refractivity contribution < 1.29 is 0 Å². The summed E-state index contributed by atoms with van der Waals surface area (Å²) in [7, 11) is 0. The van der Waals surface area contributed by atoms with Gasteiger partial charge >= 0.3 is 0 Å². The van der Waals surface area contributed by atoms with Crippen LogP contribution in [0.15, 0.2) is 30.3 Å². The number of rotatable bonds is 3. The molecule has 0 N–H and O–H groups in total. The lowest BCUT2D eigenvalue weighted by molar-refractivity contribution is 0.930. The van der Waals surface area contributed by atoms with Crippen molar-refractivity contribution in [3.63, 3.8) is 0 Å². The minimum atomic E-state index is 0.525. The molecule has 18 heavy (non-hydrogen) atoms. The Bertz CT molecular complexity index is 576. The second-order valence-electron chi connectivity index (χ2n) is 4.76. The standard InChI is InChI=1S/C15H15ClN2/c1-2-10-4-3-5-12(8-10)13-9-14(16)18-15(17-13)11-6-7-11/h3-5,8-9,11H,2,6-7H2,1H3. The summed E-state index contributed by atoms with van der Waals surface area (Å²) in [5.41, 5.74) is 3.38. The number of nitrogens with zero attached hydrogens (tertiary/aromatic N) is 2. The maximum atomic E-state index is 6.09. The molecule has 0 radical (unpaired) electrons. The van der Waals surface area contributed by atoms with Crippen LogP contribution in [-0.4, -0.2) is 9.97 Å². The lowest BCUT2D eigenvalue weighted by Crippen LogP contribution is -1.95. The lowest BCUT2D eigenvalue weighted by Gasteiger charge is -2.06. The van der Waals surface area contributed by atoms with E-state index in [0.717, 1.165) is 23.5 Å². The molecule has 3 heteroatoms. The summed E-state index contributed by atoms with van der Waals surface area (Å²) in [5, 5.41) is 0.545. The predicted molar refractivity (Wildman–Crippen MR) is 73.8 cm³/mol. The Balaban J connectivity index is 2.04. The van der Waals surface area contributed by atoms with E-state index >= 15 is 0 Å². The van der Waals surface area contributed by atoms with Gasteiger partial charge in [0.25, 0.3) is 0 Å². The Hall–Kier alpha value is -1.41. The third kappa shape index (κ3) is 2.39. The van der Waals surface area contributed by atoms with Crippen LogP contribution < -0.4 is 0 Å². The highest BCUT2D eigenvalue weighted by Gasteiger charge is 2.27. The van der Waals surface area contributed by atoms with Crippen LogP contribution in [0.3, 0.4) is 0 Å². The van der Waals surface area contributed by atoms with E-state index < -0.39 is 0 Å². The molecule has 2 aromatic rings. The van der Waals surface area contributed by atoms with Gasteiger partial charge in [-0.3, -0.25) is 0 Å². The maximum Gasteiger partial charge on any atom is 0.133 e. The summed E-state index contributed by atoms with van der Waals surface area (Å²) < 4.78 is 0. The molecule has 1 aromatic heterocycles. The molecule has 0 bridgehead atoms. The highest BCUT2D eigenvalue weighted by molar-refractivity contribution is 6.29. The van der Waals surface area contributed by atoms with E-state index in [1.165, 1.54) is 18.4 Å². The number of aryl methyl sites for hydroxylation is 1. The first kappa shape index (κ1) is 11.7. The van der Waals surface area contributed by atoms with E-state index in [9.17, 15) is 0 Å². The normalized spacial score (nSPS) is 14.8. The first-order chi connectivity index (χ1) is 8.76. The van der Waals surface area contributed by atoms with Gasteiger partial charge in [-0.1, -0.05) is 36.7 Å². The van der Waals surface area contributed by atoms with Crippen molar-refractivity contribution in [2.24, 2.45) is 0 Å². The Morgan fingerprint density at radius 2 is 2.06 bits per heavy atom. The fraction of sp³-hybridized carbons (Fsp3) is 0.333. The third-order valence-corrected chi connectivity index (χ3v) is 3.48. The quantitative estimate of drug-likeness (QED) is 0.770. The smallest absolute Gasteiger partial charge is 0.133 e. The van der Waals surface area contributed by atoms with Gasteiger partial charge in [-0.25, -0.2) is 9.97 Å². The van der Waals surface area contributed by atoms with Crippen LogP contribution in [0.2, 0.25) is 5.15 Å². The Morgan fingerprint density at radius 1 is 1.22 bits per heavy atom. The Kier molecular flexibility index (Phi) is 3.04. The third-order valence-electron chi connectivity index (χ3n) is 3.29. The van der Waals surface area contributed by atoms with Gasteiger partial charge in [0.1, 0.15) is 11.0 Å². The van der Waals surface area contributed by atoms with Gasteiger partial charge in [-0.2, -0.15) is 0 Å². The Labute approximate surface area is 112 Å². The highest BCUT2D eigenvalue weighted by atomic mass is 35.5. The predicted octanol–water partition coefficient (Wildman–Crippen LogP) is 4.24. The molecule has 0 spiro atoms. The molecule has 1 aromatic carbocycles. The molecule has 3 rings (SSSR count). The molecule has 1 heterocycles. The van der Waals surface area contributed by atoms with Crippen LogP contribution in [0.25, 0.3) is 11.3 Å². The van der Waals surface area contributed by atoms with Crippen LogP contribution >= 0.6 is 11.6 Å². The molecule has 1 fully saturated rings. The molecule has 0 amide bonds. The average molecular weight is 259 g/mol. The van der Waals surface area contributed by atoms with Crippen LogP contribution in [0, 0.1) is 0 Å². The molecular formula is C15H15ClN2. The lowest BCUT2D eigenvalue weighted by atomic mass is 10.1. The summed E-state index contributed by atoms with van der Waals surface area (Å²) in [5.74, 6) is 1.43. The molecule has 1 aliphatic carbocycles. The fourth-order valence-electron chi connectivity index (χ4n) is 2.06. The largest absolute Gasteiger partial charge is 0.232 e. The summed E-state index contributed by atoms with van der Waals surface area (Å²) in [6.45, 7) is 2.15. The van der Waals surface area contributed by atoms with Gasteiger partial charge in [0, 0.05) is 17.5 Å². The molecule has 92 valence electrons. The van der Waals surface area contributed by atoms with Crippen LogP contribution in [0.1, 0.15) is 37.1 Å². The summed E-state index contributed by atoms with van der Waals surface area (Å²) in [6, 6.07) is 10.3. The zero-order chi connectivity index (χ0) is 12.5. The maximum absolute atomic E-state index is 6.09. The summed E-state index contributed by atoms with van der Waals surface area (Å²) >= 11 is 6.09. The van der Waals surface area contributed by atoms with Gasteiger partial charge in [-0.05, 0) is 30.9 Å². The van der Waals surface area contributed by atoms with E-state index in [1.807, 2.05) is 6.07 Å². The van der Waals surface area contributed by atoms with Crippen LogP contribution in [0.4, 0.5) is 0 Å². The second-order valence-corrected chi connectivity index (χ2v) is 5.15. The van der Waals surface area contributed by atoms with Crippen molar-refractivity contribution in [1.82, 2.24) is 9.97 Å². The zero-order valence-electron chi connectivity index (χ0n) is 10.4. The first-order valence-corrected chi connectivity index (χ1v) is 6.78. The van der Waals surface area contributed by atoms with Crippen molar-refractivity contribution in [2.45, 2.75) is 32.1 Å². The van der Waals surface area contributed by atoms with Gasteiger partial charge in [0.2, 0.25) is 0 Å². The van der Waals surface area contributed by atoms with E-state index in [1.54, 1.807) is 0 Å². The number of hydrogen-bond donors (Lipinski definition) is 0. The zero-order valence-corrected chi connectivity index (χ0v) is 11.1. The molecular weight excluding hydrogens is 244 g/mol. The summed E-state index contributed by atoms with van der Waals surface area (Å²) in [6.07, 6.45) is 3.41. The van der Waals surface area contributed by atoms with Gasteiger partial charge < -0.3 is 0 Å². The molecule has 0 saturated heterocycles. The Morgan fingerprint density at radius 3 is 2.78 bits per heavy atom. The summed E-state index contributed by atoms with van der Waals surface area (Å²) in [4.78, 5) is 8.96. The number of benzene rings is 1. The molecule has 1 aliphatic rings. The van der Waals surface area contributed by atoms with Crippen molar-refractivity contribution in [3.8, 4) is 11.3 Å². The molecule has 0 unspecified atom stereocenters. The van der Waals surface area contributed by atoms with Crippen LogP contribution in [-0.2, 0) is 6.42 Å². The molecule has 0 aliphatic heterocycles. The number of hydrogen-bond acceptors (Lipinski definition) is 2. The van der Waals surface area contributed by atoms with E-state index in [2.05, 4.69) is 41.2 Å². The van der Waals surface area contributed by atoms with E-state index in [-0.39, 0.29) is 0 Å². The van der Waals surface area contributed by atoms with Crippen molar-refractivity contribution in [2.75, 3.05) is 0 Å². The van der Waals surface area contributed by atoms with Gasteiger partial charge in [0.05, 0.1) is 5.69 Å². The van der Waals surface area contributed by atoms with Crippen molar-refractivity contribution >= 4 is 11.6 Å². The highest BCUT2D eigenvalue weighted by Crippen LogP contribution is 2.39. The number of halogens is 1. The monoisotopic (exact) mass is 258 g/mol. The average Bonchev–Trinajstić information content (AvgIpc) is 3.22. The SMILES string of the molecule is CCc1cccc(-c2cc(Cl)nc(C3CC3)n2)c1. The fourth-order valence-corrected chi connectivity index (χ4v) is 2.25. The first-order valence-electron chi connectivity index (χ1n) is 6.40. The molecule has 2 nitrogen and oxygen atoms in total. The van der Waals surface area contributed by atoms with E-state index in [0.29, 0.717) is 11.1 Å². The van der Waals surface area contributed by atoms with Crippen molar-refractivity contribution in [3.05, 3.63) is 46.9 Å². The molecule has 1 saturated carbocycles. The van der Waals surface area contributed by atoms with E-state index in [4.69, 9.17) is 11.6 Å². The molecule has 0 atom stereocenters. The number of aromatic nitrogens is 2. The minimum absolute atomic E-state index is 0.525.